The maximum atomic E-state index is 11.7. The number of halogens is 1. The van der Waals surface area contributed by atoms with Crippen LogP contribution in [0.4, 0.5) is 17.3 Å². The largest absolute Gasteiger partial charge is 0.367 e. The van der Waals surface area contributed by atoms with Gasteiger partial charge >= 0.3 is 0 Å². The Balaban J connectivity index is 1.65. The van der Waals surface area contributed by atoms with Crippen molar-refractivity contribution in [2.75, 3.05) is 16.9 Å². The third-order valence-electron chi connectivity index (χ3n) is 4.94. The second-order valence-corrected chi connectivity index (χ2v) is 10.0. The summed E-state index contributed by atoms with van der Waals surface area (Å²) in [6.07, 6.45) is 9.01. The zero-order valence-corrected chi connectivity index (χ0v) is 17.9. The number of fused-ring (bicyclic) bond motifs is 1. The standard InChI is InChI=1S/C19H22BrN5O2S/c1-28(26,27)15-9-7-14(8-10-15)23-18-11-17(22-13-5-3-2-4-6-13)24-19-16(20)12-21-25(18)19/h7-13,23H,2-6H2,1H3,(H,22,24). The molecule has 2 N–H and O–H groups in total. The van der Waals surface area contributed by atoms with E-state index in [0.717, 1.165) is 40.3 Å². The Bertz CT molecular complexity index is 1090. The molecule has 0 aliphatic heterocycles. The summed E-state index contributed by atoms with van der Waals surface area (Å²) < 4.78 is 25.9. The van der Waals surface area contributed by atoms with Gasteiger partial charge in [0, 0.05) is 24.1 Å². The zero-order chi connectivity index (χ0) is 19.7. The van der Waals surface area contributed by atoms with Gasteiger partial charge in [-0.15, -0.1) is 0 Å². The Morgan fingerprint density at radius 2 is 1.86 bits per heavy atom. The quantitative estimate of drug-likeness (QED) is 0.583. The summed E-state index contributed by atoms with van der Waals surface area (Å²) >= 11 is 3.51. The molecule has 0 amide bonds. The molecule has 3 aromatic rings. The van der Waals surface area contributed by atoms with Crippen LogP contribution in [-0.2, 0) is 9.84 Å². The highest BCUT2D eigenvalue weighted by Crippen LogP contribution is 2.27. The van der Waals surface area contributed by atoms with Gasteiger partial charge in [0.25, 0.3) is 0 Å². The maximum absolute atomic E-state index is 11.7. The third-order valence-corrected chi connectivity index (χ3v) is 6.63. The van der Waals surface area contributed by atoms with Crippen LogP contribution in [-0.4, -0.2) is 35.3 Å². The number of rotatable bonds is 5. The number of hydrogen-bond acceptors (Lipinski definition) is 6. The van der Waals surface area contributed by atoms with Crippen molar-refractivity contribution >= 4 is 48.7 Å². The summed E-state index contributed by atoms with van der Waals surface area (Å²) in [6.45, 7) is 0. The molecule has 1 fully saturated rings. The first-order valence-electron chi connectivity index (χ1n) is 9.28. The van der Waals surface area contributed by atoms with Crippen molar-refractivity contribution in [1.82, 2.24) is 14.6 Å². The summed E-state index contributed by atoms with van der Waals surface area (Å²) in [5, 5.41) is 11.3. The van der Waals surface area contributed by atoms with Crippen LogP contribution >= 0.6 is 15.9 Å². The van der Waals surface area contributed by atoms with Crippen LogP contribution in [0.2, 0.25) is 0 Å². The van der Waals surface area contributed by atoms with Gasteiger partial charge in [0.05, 0.1) is 15.6 Å². The number of nitrogens with zero attached hydrogens (tertiary/aromatic N) is 3. The lowest BCUT2D eigenvalue weighted by Gasteiger charge is -2.23. The van der Waals surface area contributed by atoms with Gasteiger partial charge in [-0.1, -0.05) is 19.3 Å². The number of anilines is 3. The highest BCUT2D eigenvalue weighted by molar-refractivity contribution is 9.10. The Hall–Kier alpha value is -2.13. The van der Waals surface area contributed by atoms with E-state index in [0.29, 0.717) is 10.9 Å². The lowest BCUT2D eigenvalue weighted by atomic mass is 9.95. The molecule has 9 heteroatoms. The number of aromatic nitrogens is 3. The molecule has 28 heavy (non-hydrogen) atoms. The molecule has 1 saturated carbocycles. The van der Waals surface area contributed by atoms with Crippen molar-refractivity contribution in [2.24, 2.45) is 0 Å². The molecule has 148 valence electrons. The topological polar surface area (TPSA) is 88.4 Å². The van der Waals surface area contributed by atoms with Gasteiger partial charge in [0.15, 0.2) is 15.5 Å². The van der Waals surface area contributed by atoms with Crippen LogP contribution < -0.4 is 10.6 Å². The maximum Gasteiger partial charge on any atom is 0.175 e. The van der Waals surface area contributed by atoms with Gasteiger partial charge in [0.2, 0.25) is 0 Å². The van der Waals surface area contributed by atoms with Crippen LogP contribution in [0.25, 0.3) is 5.65 Å². The summed E-state index contributed by atoms with van der Waals surface area (Å²) in [5.74, 6) is 1.55. The van der Waals surface area contributed by atoms with Crippen LogP contribution in [0.15, 0.2) is 45.9 Å². The Labute approximate surface area is 172 Å². The fraction of sp³-hybridized carbons (Fsp3) is 0.368. The SMILES string of the molecule is CS(=O)(=O)c1ccc(Nc2cc(NC3CCCCC3)nc3c(Br)cnn23)cc1. The predicted octanol–water partition coefficient (Wildman–Crippen LogP) is 4.38. The minimum atomic E-state index is -3.22. The normalized spacial score (nSPS) is 15.6. The van der Waals surface area contributed by atoms with Crippen molar-refractivity contribution in [1.29, 1.82) is 0 Å². The molecule has 4 rings (SSSR count). The average Bonchev–Trinajstić information content (AvgIpc) is 3.04. The number of hydrogen-bond donors (Lipinski definition) is 2. The molecule has 1 aromatic carbocycles. The van der Waals surface area contributed by atoms with Gasteiger partial charge < -0.3 is 10.6 Å². The second kappa shape index (κ2) is 7.71. The van der Waals surface area contributed by atoms with Gasteiger partial charge in [-0.25, -0.2) is 13.4 Å². The molecule has 0 spiro atoms. The van der Waals surface area contributed by atoms with E-state index in [9.17, 15) is 8.42 Å². The minimum Gasteiger partial charge on any atom is -0.367 e. The lowest BCUT2D eigenvalue weighted by Crippen LogP contribution is -2.23. The summed E-state index contributed by atoms with van der Waals surface area (Å²) in [6, 6.07) is 9.05. The summed E-state index contributed by atoms with van der Waals surface area (Å²) in [7, 11) is -3.22. The first-order valence-corrected chi connectivity index (χ1v) is 12.0. The zero-order valence-electron chi connectivity index (χ0n) is 15.5. The van der Waals surface area contributed by atoms with Gasteiger partial charge in [-0.2, -0.15) is 9.61 Å². The first kappa shape index (κ1) is 19.2. The van der Waals surface area contributed by atoms with Crippen molar-refractivity contribution in [3.63, 3.8) is 0 Å². The predicted molar refractivity (Wildman–Crippen MR) is 114 cm³/mol. The minimum absolute atomic E-state index is 0.291. The van der Waals surface area contributed by atoms with Crippen LogP contribution in [0.5, 0.6) is 0 Å². The molecule has 1 aliphatic rings. The average molecular weight is 464 g/mol. The Morgan fingerprint density at radius 3 is 2.54 bits per heavy atom. The van der Waals surface area contributed by atoms with E-state index in [1.807, 2.05) is 6.07 Å². The van der Waals surface area contributed by atoms with E-state index in [2.05, 4.69) is 31.7 Å². The number of benzene rings is 1. The van der Waals surface area contributed by atoms with Gasteiger partial charge in [-0.3, -0.25) is 0 Å². The van der Waals surface area contributed by atoms with Crippen LogP contribution in [0, 0.1) is 0 Å². The summed E-state index contributed by atoms with van der Waals surface area (Å²) in [5.41, 5.74) is 1.49. The van der Waals surface area contributed by atoms with Crippen molar-refractivity contribution in [2.45, 2.75) is 43.0 Å². The highest BCUT2D eigenvalue weighted by Gasteiger charge is 2.16. The van der Waals surface area contributed by atoms with Crippen molar-refractivity contribution in [3.8, 4) is 0 Å². The van der Waals surface area contributed by atoms with Crippen molar-refractivity contribution < 1.29 is 8.42 Å². The molecule has 0 atom stereocenters. The van der Waals surface area contributed by atoms with E-state index in [1.54, 1.807) is 35.0 Å². The smallest absolute Gasteiger partial charge is 0.175 e. The van der Waals surface area contributed by atoms with E-state index in [1.165, 1.54) is 25.5 Å². The fourth-order valence-electron chi connectivity index (χ4n) is 3.49. The van der Waals surface area contributed by atoms with Gasteiger partial charge in [-0.05, 0) is 53.0 Å². The highest BCUT2D eigenvalue weighted by atomic mass is 79.9. The Kier molecular flexibility index (Phi) is 5.29. The molecular weight excluding hydrogens is 442 g/mol. The molecule has 0 saturated heterocycles. The number of nitrogens with one attached hydrogen (secondary N) is 2. The Morgan fingerprint density at radius 1 is 1.14 bits per heavy atom. The lowest BCUT2D eigenvalue weighted by molar-refractivity contribution is 0.462. The van der Waals surface area contributed by atoms with E-state index < -0.39 is 9.84 Å². The fourth-order valence-corrected chi connectivity index (χ4v) is 4.47. The molecule has 2 aromatic heterocycles. The molecule has 0 radical (unpaired) electrons. The second-order valence-electron chi connectivity index (χ2n) is 7.16. The van der Waals surface area contributed by atoms with Crippen molar-refractivity contribution in [3.05, 3.63) is 41.0 Å². The molecule has 7 nitrogen and oxygen atoms in total. The molecule has 1 aliphatic carbocycles. The molecule has 0 unspecified atom stereocenters. The summed E-state index contributed by atoms with van der Waals surface area (Å²) in [4.78, 5) is 4.99. The van der Waals surface area contributed by atoms with Crippen LogP contribution in [0.3, 0.4) is 0 Å². The molecule has 2 heterocycles. The van der Waals surface area contributed by atoms with E-state index in [4.69, 9.17) is 4.98 Å². The number of sulfone groups is 1. The van der Waals surface area contributed by atoms with E-state index in [-0.39, 0.29) is 0 Å². The van der Waals surface area contributed by atoms with Gasteiger partial charge in [0.1, 0.15) is 11.6 Å². The first-order chi connectivity index (χ1) is 13.4. The molecule has 0 bridgehead atoms. The monoisotopic (exact) mass is 463 g/mol. The molecular formula is C19H22BrN5O2S. The van der Waals surface area contributed by atoms with Crippen LogP contribution in [0.1, 0.15) is 32.1 Å². The third kappa shape index (κ3) is 4.15. The van der Waals surface area contributed by atoms with E-state index >= 15 is 0 Å².